The van der Waals surface area contributed by atoms with E-state index in [-0.39, 0.29) is 17.5 Å². The molecule has 0 saturated heterocycles. The van der Waals surface area contributed by atoms with Crippen LogP contribution >= 0.6 is 11.8 Å². The van der Waals surface area contributed by atoms with Crippen LogP contribution in [0, 0.1) is 0 Å². The molecule has 0 saturated carbocycles. The van der Waals surface area contributed by atoms with E-state index in [1.54, 1.807) is 24.5 Å². The Balaban J connectivity index is 1.83. The third-order valence-corrected chi connectivity index (χ3v) is 4.82. The second kappa shape index (κ2) is 9.98. The Labute approximate surface area is 184 Å². The zero-order valence-electron chi connectivity index (χ0n) is 16.8. The van der Waals surface area contributed by atoms with Gasteiger partial charge in [0.1, 0.15) is 18.1 Å². The number of methoxy groups -OCH3 is 1. The molecule has 0 aliphatic rings. The Kier molecular flexibility index (Phi) is 7.33. The standard InChI is InChI=1S/C20H17F5N4O2S/c1-30-16-7-6-12(10-26-29-18(17(21)22)27-28-19(29)32-2)8-13(16)11-31-15-5-3-4-14(9-15)20(23,24)25/h3-10,17H,11H2,1-2H3. The van der Waals surface area contributed by atoms with Gasteiger partial charge in [-0.15, -0.1) is 10.2 Å². The van der Waals surface area contributed by atoms with Crippen molar-refractivity contribution in [3.05, 3.63) is 65.0 Å². The van der Waals surface area contributed by atoms with Gasteiger partial charge < -0.3 is 9.47 Å². The molecule has 3 aromatic rings. The van der Waals surface area contributed by atoms with E-state index in [1.807, 2.05) is 0 Å². The molecule has 0 aliphatic heterocycles. The molecule has 0 atom stereocenters. The number of thioether (sulfide) groups is 1. The lowest BCUT2D eigenvalue weighted by Crippen LogP contribution is -2.05. The van der Waals surface area contributed by atoms with E-state index in [1.165, 1.54) is 25.5 Å². The first-order valence-corrected chi connectivity index (χ1v) is 10.2. The van der Waals surface area contributed by atoms with Crippen LogP contribution in [-0.2, 0) is 12.8 Å². The molecule has 1 heterocycles. The summed E-state index contributed by atoms with van der Waals surface area (Å²) < 4.78 is 76.6. The highest BCUT2D eigenvalue weighted by Gasteiger charge is 2.30. The molecule has 0 amide bonds. The maximum atomic E-state index is 13.1. The Morgan fingerprint density at radius 1 is 1.16 bits per heavy atom. The molecular formula is C20H17F5N4O2S. The number of benzene rings is 2. The highest BCUT2D eigenvalue weighted by Crippen LogP contribution is 2.32. The second-order valence-electron chi connectivity index (χ2n) is 6.29. The van der Waals surface area contributed by atoms with Gasteiger partial charge in [0.25, 0.3) is 6.43 Å². The van der Waals surface area contributed by atoms with Gasteiger partial charge in [0.2, 0.25) is 11.0 Å². The molecular weight excluding hydrogens is 455 g/mol. The van der Waals surface area contributed by atoms with Crippen LogP contribution in [0.15, 0.2) is 52.7 Å². The molecule has 2 aromatic carbocycles. The molecule has 3 rings (SSSR count). The lowest BCUT2D eigenvalue weighted by molar-refractivity contribution is -0.137. The van der Waals surface area contributed by atoms with Crippen molar-refractivity contribution < 1.29 is 31.4 Å². The van der Waals surface area contributed by atoms with Gasteiger partial charge in [-0.1, -0.05) is 17.8 Å². The van der Waals surface area contributed by atoms with E-state index in [4.69, 9.17) is 9.47 Å². The minimum atomic E-state index is -4.48. The van der Waals surface area contributed by atoms with Crippen molar-refractivity contribution >= 4 is 18.0 Å². The molecule has 32 heavy (non-hydrogen) atoms. The molecule has 12 heteroatoms. The van der Waals surface area contributed by atoms with Crippen LogP contribution in [0.1, 0.15) is 28.9 Å². The number of hydrogen-bond acceptors (Lipinski definition) is 6. The molecule has 0 spiro atoms. The van der Waals surface area contributed by atoms with Crippen molar-refractivity contribution in [3.8, 4) is 11.5 Å². The fraction of sp³-hybridized carbons (Fsp3) is 0.250. The summed E-state index contributed by atoms with van der Waals surface area (Å²) in [6, 6.07) is 9.40. The number of halogens is 5. The largest absolute Gasteiger partial charge is 0.496 e. The van der Waals surface area contributed by atoms with Crippen molar-refractivity contribution in [2.24, 2.45) is 5.10 Å². The fourth-order valence-electron chi connectivity index (χ4n) is 2.69. The number of ether oxygens (including phenoxy) is 2. The molecule has 0 radical (unpaired) electrons. The van der Waals surface area contributed by atoms with Gasteiger partial charge in [0.15, 0.2) is 0 Å². The highest BCUT2D eigenvalue weighted by atomic mass is 32.2. The fourth-order valence-corrected chi connectivity index (χ4v) is 3.12. The minimum absolute atomic E-state index is 0.0385. The van der Waals surface area contributed by atoms with Gasteiger partial charge in [0.05, 0.1) is 18.9 Å². The van der Waals surface area contributed by atoms with E-state index >= 15 is 0 Å². The van der Waals surface area contributed by atoms with Crippen molar-refractivity contribution in [1.29, 1.82) is 0 Å². The predicted molar refractivity (Wildman–Crippen MR) is 109 cm³/mol. The normalized spacial score (nSPS) is 12.0. The topological polar surface area (TPSA) is 61.5 Å². The second-order valence-corrected chi connectivity index (χ2v) is 7.06. The summed E-state index contributed by atoms with van der Waals surface area (Å²) in [4.78, 5) is 0. The third kappa shape index (κ3) is 5.55. The Morgan fingerprint density at radius 3 is 2.59 bits per heavy atom. The van der Waals surface area contributed by atoms with Gasteiger partial charge in [-0.3, -0.25) is 0 Å². The Hall–Kier alpha value is -3.15. The number of alkyl halides is 5. The van der Waals surface area contributed by atoms with Crippen molar-refractivity contribution in [1.82, 2.24) is 14.9 Å². The van der Waals surface area contributed by atoms with E-state index in [2.05, 4.69) is 15.3 Å². The first-order chi connectivity index (χ1) is 15.2. The smallest absolute Gasteiger partial charge is 0.416 e. The van der Waals surface area contributed by atoms with Gasteiger partial charge >= 0.3 is 6.18 Å². The van der Waals surface area contributed by atoms with Gasteiger partial charge in [0, 0.05) is 5.56 Å². The van der Waals surface area contributed by atoms with Crippen LogP contribution in [0.2, 0.25) is 0 Å². The zero-order valence-corrected chi connectivity index (χ0v) is 17.6. The maximum Gasteiger partial charge on any atom is 0.416 e. The molecule has 0 N–H and O–H groups in total. The number of hydrogen-bond donors (Lipinski definition) is 0. The van der Waals surface area contributed by atoms with E-state index in [9.17, 15) is 22.0 Å². The van der Waals surface area contributed by atoms with Gasteiger partial charge in [-0.25, -0.2) is 8.78 Å². The molecule has 170 valence electrons. The molecule has 0 fully saturated rings. The molecule has 0 bridgehead atoms. The lowest BCUT2D eigenvalue weighted by Gasteiger charge is -2.13. The monoisotopic (exact) mass is 472 g/mol. The summed E-state index contributed by atoms with van der Waals surface area (Å²) in [5.41, 5.74) is 0.224. The van der Waals surface area contributed by atoms with E-state index < -0.39 is 24.0 Å². The Morgan fingerprint density at radius 2 is 1.94 bits per heavy atom. The van der Waals surface area contributed by atoms with Crippen molar-refractivity contribution in [2.75, 3.05) is 13.4 Å². The minimum Gasteiger partial charge on any atom is -0.496 e. The average molecular weight is 472 g/mol. The summed E-state index contributed by atoms with van der Waals surface area (Å²) in [7, 11) is 1.44. The first kappa shape index (κ1) is 23.5. The van der Waals surface area contributed by atoms with Crippen LogP contribution in [0.25, 0.3) is 0 Å². The summed E-state index contributed by atoms with van der Waals surface area (Å²) in [6.07, 6.45) is -4.35. The number of rotatable bonds is 8. The van der Waals surface area contributed by atoms with Gasteiger partial charge in [-0.2, -0.15) is 22.9 Å². The van der Waals surface area contributed by atoms with E-state index in [0.29, 0.717) is 16.9 Å². The molecule has 0 unspecified atom stereocenters. The third-order valence-electron chi connectivity index (χ3n) is 4.20. The van der Waals surface area contributed by atoms with Crippen LogP contribution in [-0.4, -0.2) is 34.5 Å². The van der Waals surface area contributed by atoms with Crippen LogP contribution in [0.3, 0.4) is 0 Å². The average Bonchev–Trinajstić information content (AvgIpc) is 3.19. The van der Waals surface area contributed by atoms with Crippen LogP contribution in [0.4, 0.5) is 22.0 Å². The van der Waals surface area contributed by atoms with E-state index in [0.717, 1.165) is 28.6 Å². The molecule has 6 nitrogen and oxygen atoms in total. The van der Waals surface area contributed by atoms with Crippen LogP contribution < -0.4 is 9.47 Å². The SMILES string of the molecule is COc1ccc(C=Nn2c(SC)nnc2C(F)F)cc1COc1cccc(C(F)(F)F)c1. The summed E-state index contributed by atoms with van der Waals surface area (Å²) in [5.74, 6) is -0.111. The first-order valence-electron chi connectivity index (χ1n) is 9.01. The number of aromatic nitrogens is 3. The van der Waals surface area contributed by atoms with Crippen molar-refractivity contribution in [3.63, 3.8) is 0 Å². The van der Waals surface area contributed by atoms with Crippen LogP contribution in [0.5, 0.6) is 11.5 Å². The summed E-state index contributed by atoms with van der Waals surface area (Å²) in [6.45, 7) is -0.0862. The Bertz CT molecular complexity index is 1100. The summed E-state index contributed by atoms with van der Waals surface area (Å²) in [5, 5.41) is 11.3. The maximum absolute atomic E-state index is 13.1. The van der Waals surface area contributed by atoms with Gasteiger partial charge in [-0.05, 0) is 48.2 Å². The molecule has 0 aliphatic carbocycles. The lowest BCUT2D eigenvalue weighted by atomic mass is 10.1. The zero-order chi connectivity index (χ0) is 23.3. The quantitative estimate of drug-likeness (QED) is 0.249. The van der Waals surface area contributed by atoms with Crippen molar-refractivity contribution in [2.45, 2.75) is 24.4 Å². The molecule has 1 aromatic heterocycles. The predicted octanol–water partition coefficient (Wildman–Crippen LogP) is 5.43. The number of nitrogens with zero attached hydrogens (tertiary/aromatic N) is 4. The summed E-state index contributed by atoms with van der Waals surface area (Å²) >= 11 is 1.11. The highest BCUT2D eigenvalue weighted by molar-refractivity contribution is 7.98.